The molecule has 0 unspecified atom stereocenters. The second-order valence-corrected chi connectivity index (χ2v) is 6.45. The SMILES string of the molecule is COc1c(Cl)cc(Cl)cc1C=CC(=O)Nc1ccc(C(C)C)cc1. The Hall–Kier alpha value is -1.97. The van der Waals surface area contributed by atoms with Crippen LogP contribution in [0, 0.1) is 0 Å². The second-order valence-electron chi connectivity index (χ2n) is 5.61. The monoisotopic (exact) mass is 363 g/mol. The number of amides is 1. The fourth-order valence-electron chi connectivity index (χ4n) is 2.22. The number of methoxy groups -OCH3 is 1. The molecule has 24 heavy (non-hydrogen) atoms. The zero-order valence-corrected chi connectivity index (χ0v) is 15.3. The summed E-state index contributed by atoms with van der Waals surface area (Å²) in [6.45, 7) is 4.25. The van der Waals surface area contributed by atoms with Crippen molar-refractivity contribution in [2.24, 2.45) is 0 Å². The van der Waals surface area contributed by atoms with E-state index in [1.165, 1.54) is 18.7 Å². The number of ether oxygens (including phenoxy) is 1. The smallest absolute Gasteiger partial charge is 0.248 e. The second kappa shape index (κ2) is 8.22. The molecule has 2 rings (SSSR count). The van der Waals surface area contributed by atoms with E-state index in [9.17, 15) is 4.79 Å². The maximum atomic E-state index is 12.1. The molecule has 0 aromatic heterocycles. The van der Waals surface area contributed by atoms with E-state index in [0.29, 0.717) is 27.3 Å². The molecule has 0 aliphatic heterocycles. The molecule has 0 aliphatic carbocycles. The first kappa shape index (κ1) is 18.4. The molecule has 0 saturated heterocycles. The summed E-state index contributed by atoms with van der Waals surface area (Å²) < 4.78 is 5.24. The highest BCUT2D eigenvalue weighted by atomic mass is 35.5. The van der Waals surface area contributed by atoms with Crippen LogP contribution in [0.5, 0.6) is 5.75 Å². The number of nitrogens with one attached hydrogen (secondary N) is 1. The summed E-state index contributed by atoms with van der Waals surface area (Å²) in [5.74, 6) is 0.687. The van der Waals surface area contributed by atoms with E-state index >= 15 is 0 Å². The lowest BCUT2D eigenvalue weighted by atomic mass is 10.0. The molecule has 126 valence electrons. The number of benzene rings is 2. The highest BCUT2D eigenvalue weighted by molar-refractivity contribution is 6.36. The van der Waals surface area contributed by atoms with E-state index in [1.807, 2.05) is 24.3 Å². The maximum Gasteiger partial charge on any atom is 0.248 e. The molecule has 2 aromatic rings. The predicted molar refractivity (Wildman–Crippen MR) is 101 cm³/mol. The maximum absolute atomic E-state index is 12.1. The van der Waals surface area contributed by atoms with Gasteiger partial charge in [-0.2, -0.15) is 0 Å². The van der Waals surface area contributed by atoms with E-state index in [2.05, 4.69) is 19.2 Å². The van der Waals surface area contributed by atoms with Crippen molar-refractivity contribution in [1.82, 2.24) is 0 Å². The average molecular weight is 364 g/mol. The number of anilines is 1. The topological polar surface area (TPSA) is 38.3 Å². The molecule has 0 radical (unpaired) electrons. The minimum atomic E-state index is -0.245. The molecule has 0 saturated carbocycles. The van der Waals surface area contributed by atoms with Gasteiger partial charge >= 0.3 is 0 Å². The number of rotatable bonds is 5. The minimum Gasteiger partial charge on any atom is -0.495 e. The van der Waals surface area contributed by atoms with Gasteiger partial charge in [0.25, 0.3) is 0 Å². The van der Waals surface area contributed by atoms with Gasteiger partial charge in [0.05, 0.1) is 12.1 Å². The lowest BCUT2D eigenvalue weighted by Crippen LogP contribution is -2.07. The summed E-state index contributed by atoms with van der Waals surface area (Å²) in [5, 5.41) is 3.69. The molecule has 0 spiro atoms. The number of hydrogen-bond acceptors (Lipinski definition) is 2. The summed E-state index contributed by atoms with van der Waals surface area (Å²) >= 11 is 12.1. The van der Waals surface area contributed by atoms with Crippen LogP contribution in [-0.2, 0) is 4.79 Å². The van der Waals surface area contributed by atoms with Gasteiger partial charge in [0.15, 0.2) is 0 Å². The average Bonchev–Trinajstić information content (AvgIpc) is 2.53. The first-order valence-electron chi connectivity index (χ1n) is 7.52. The largest absolute Gasteiger partial charge is 0.495 e. The van der Waals surface area contributed by atoms with Crippen LogP contribution in [-0.4, -0.2) is 13.0 Å². The predicted octanol–water partition coefficient (Wildman–Crippen LogP) is 5.78. The van der Waals surface area contributed by atoms with Crippen molar-refractivity contribution in [3.05, 3.63) is 63.6 Å². The molecular weight excluding hydrogens is 345 g/mol. The van der Waals surface area contributed by atoms with Gasteiger partial charge in [-0.1, -0.05) is 49.2 Å². The molecule has 2 aromatic carbocycles. The van der Waals surface area contributed by atoms with E-state index < -0.39 is 0 Å². The van der Waals surface area contributed by atoms with Crippen molar-refractivity contribution >= 4 is 40.9 Å². The quantitative estimate of drug-likeness (QED) is 0.683. The van der Waals surface area contributed by atoms with Gasteiger partial charge in [0.2, 0.25) is 5.91 Å². The van der Waals surface area contributed by atoms with Gasteiger partial charge in [0, 0.05) is 22.3 Å². The van der Waals surface area contributed by atoms with Gasteiger partial charge in [-0.15, -0.1) is 0 Å². The lowest BCUT2D eigenvalue weighted by molar-refractivity contribution is -0.111. The third kappa shape index (κ3) is 4.76. The molecule has 5 heteroatoms. The van der Waals surface area contributed by atoms with E-state index in [1.54, 1.807) is 18.2 Å². The zero-order valence-electron chi connectivity index (χ0n) is 13.8. The summed E-state index contributed by atoms with van der Waals surface area (Å²) in [5.41, 5.74) is 2.60. The van der Waals surface area contributed by atoms with Gasteiger partial charge in [-0.05, 0) is 41.8 Å². The Morgan fingerprint density at radius 3 is 2.42 bits per heavy atom. The Labute approximate surface area is 152 Å². The Bertz CT molecular complexity index is 753. The molecule has 0 atom stereocenters. The van der Waals surface area contributed by atoms with Gasteiger partial charge in [-0.3, -0.25) is 4.79 Å². The molecule has 1 N–H and O–H groups in total. The number of halogens is 2. The van der Waals surface area contributed by atoms with E-state index in [4.69, 9.17) is 27.9 Å². The van der Waals surface area contributed by atoms with Gasteiger partial charge < -0.3 is 10.1 Å². The van der Waals surface area contributed by atoms with Crippen LogP contribution in [0.25, 0.3) is 6.08 Å². The van der Waals surface area contributed by atoms with Crippen molar-refractivity contribution in [2.45, 2.75) is 19.8 Å². The van der Waals surface area contributed by atoms with Crippen LogP contribution in [0.2, 0.25) is 10.0 Å². The van der Waals surface area contributed by atoms with Crippen molar-refractivity contribution < 1.29 is 9.53 Å². The molecule has 0 aliphatic rings. The van der Waals surface area contributed by atoms with Crippen molar-refractivity contribution in [3.8, 4) is 5.75 Å². The molecular formula is C19H19Cl2NO2. The summed E-state index contributed by atoms with van der Waals surface area (Å²) in [6, 6.07) is 11.1. The molecule has 3 nitrogen and oxygen atoms in total. The van der Waals surface area contributed by atoms with Crippen molar-refractivity contribution in [2.75, 3.05) is 12.4 Å². The van der Waals surface area contributed by atoms with Crippen LogP contribution >= 0.6 is 23.2 Å². The first-order valence-corrected chi connectivity index (χ1v) is 8.28. The number of carbonyl (C=O) groups is 1. The normalized spacial score (nSPS) is 11.1. The Kier molecular flexibility index (Phi) is 6.29. The van der Waals surface area contributed by atoms with Gasteiger partial charge in [-0.25, -0.2) is 0 Å². The van der Waals surface area contributed by atoms with Crippen LogP contribution in [0.1, 0.15) is 30.9 Å². The molecule has 0 fully saturated rings. The highest BCUT2D eigenvalue weighted by Gasteiger charge is 2.08. The Morgan fingerprint density at radius 2 is 1.83 bits per heavy atom. The first-order chi connectivity index (χ1) is 11.4. The van der Waals surface area contributed by atoms with Crippen molar-refractivity contribution in [1.29, 1.82) is 0 Å². The van der Waals surface area contributed by atoms with Gasteiger partial charge in [0.1, 0.15) is 5.75 Å². The Morgan fingerprint density at radius 1 is 1.17 bits per heavy atom. The summed E-state index contributed by atoms with van der Waals surface area (Å²) in [7, 11) is 1.52. The fourth-order valence-corrected chi connectivity index (χ4v) is 2.81. The van der Waals surface area contributed by atoms with Crippen LogP contribution < -0.4 is 10.1 Å². The zero-order chi connectivity index (χ0) is 17.7. The lowest BCUT2D eigenvalue weighted by Gasteiger charge is -2.08. The minimum absolute atomic E-state index is 0.245. The summed E-state index contributed by atoms with van der Waals surface area (Å²) in [4.78, 5) is 12.1. The number of carbonyl (C=O) groups excluding carboxylic acids is 1. The molecule has 0 bridgehead atoms. The van der Waals surface area contributed by atoms with Crippen LogP contribution in [0.3, 0.4) is 0 Å². The van der Waals surface area contributed by atoms with E-state index in [-0.39, 0.29) is 5.91 Å². The molecule has 1 amide bonds. The van der Waals surface area contributed by atoms with Crippen LogP contribution in [0.15, 0.2) is 42.5 Å². The van der Waals surface area contributed by atoms with Crippen LogP contribution in [0.4, 0.5) is 5.69 Å². The number of hydrogen-bond donors (Lipinski definition) is 1. The molecule has 0 heterocycles. The van der Waals surface area contributed by atoms with E-state index in [0.717, 1.165) is 5.69 Å². The standard InChI is InChI=1S/C19H19Cl2NO2/c1-12(2)13-4-7-16(8-5-13)22-18(23)9-6-14-10-15(20)11-17(21)19(14)24-3/h4-12H,1-3H3,(H,22,23). The Balaban J connectivity index is 2.11. The third-order valence-corrected chi connectivity index (χ3v) is 4.00. The van der Waals surface area contributed by atoms with Crippen molar-refractivity contribution in [3.63, 3.8) is 0 Å². The fraction of sp³-hybridized carbons (Fsp3) is 0.211. The highest BCUT2D eigenvalue weighted by Crippen LogP contribution is 2.33. The third-order valence-electron chi connectivity index (χ3n) is 3.50. The summed E-state index contributed by atoms with van der Waals surface area (Å²) in [6.07, 6.45) is 3.04.